The fourth-order valence-electron chi connectivity index (χ4n) is 2.22. The Hall–Kier alpha value is -2.73. The highest BCUT2D eigenvalue weighted by Crippen LogP contribution is 2.29. The quantitative estimate of drug-likeness (QED) is 0.622. The van der Waals surface area contributed by atoms with Crippen LogP contribution < -0.4 is 10.6 Å². The molecule has 0 fully saturated rings. The molecule has 134 valence electrons. The molecule has 0 aliphatic rings. The number of carbonyl (C=O) groups is 1. The summed E-state index contributed by atoms with van der Waals surface area (Å²) in [6.45, 7) is 5.60. The minimum Gasteiger partial charge on any atom is -0.329 e. The van der Waals surface area contributed by atoms with E-state index in [2.05, 4.69) is 15.6 Å². The summed E-state index contributed by atoms with van der Waals surface area (Å²) in [7, 11) is 0. The smallest absolute Gasteiger partial charge is 0.229 e. The number of thiazole rings is 1. The predicted octanol–water partition coefficient (Wildman–Crippen LogP) is 5.68. The third kappa shape index (κ3) is 4.26. The van der Waals surface area contributed by atoms with Crippen LogP contribution >= 0.6 is 11.3 Å². The maximum absolute atomic E-state index is 13.7. The summed E-state index contributed by atoms with van der Waals surface area (Å²) >= 11 is 1.40. The van der Waals surface area contributed by atoms with E-state index in [1.165, 1.54) is 17.4 Å². The average molecular weight is 369 g/mol. The molecule has 26 heavy (non-hydrogen) atoms. The number of para-hydroxylation sites is 1. The number of nitrogens with zero attached hydrogens (tertiary/aromatic N) is 1. The van der Waals surface area contributed by atoms with Gasteiger partial charge in [0.15, 0.2) is 5.13 Å². The summed E-state index contributed by atoms with van der Waals surface area (Å²) < 4.78 is 13.7. The molecule has 0 radical (unpaired) electrons. The van der Waals surface area contributed by atoms with Gasteiger partial charge in [-0.3, -0.25) is 4.79 Å². The third-order valence-electron chi connectivity index (χ3n) is 3.72. The largest absolute Gasteiger partial charge is 0.329 e. The first-order valence-corrected chi connectivity index (χ1v) is 9.10. The summed E-state index contributed by atoms with van der Waals surface area (Å²) in [5.41, 5.74) is 2.29. The second-order valence-corrected chi connectivity index (χ2v) is 7.79. The van der Waals surface area contributed by atoms with Gasteiger partial charge < -0.3 is 10.6 Å². The van der Waals surface area contributed by atoms with Gasteiger partial charge in [0, 0.05) is 22.0 Å². The van der Waals surface area contributed by atoms with Gasteiger partial charge in [0.1, 0.15) is 5.82 Å². The highest BCUT2D eigenvalue weighted by molar-refractivity contribution is 7.14. The molecular weight excluding hydrogens is 349 g/mol. The van der Waals surface area contributed by atoms with E-state index >= 15 is 0 Å². The Morgan fingerprint density at radius 1 is 1.12 bits per heavy atom. The summed E-state index contributed by atoms with van der Waals surface area (Å²) in [4.78, 5) is 16.7. The van der Waals surface area contributed by atoms with Gasteiger partial charge in [0.25, 0.3) is 0 Å². The van der Waals surface area contributed by atoms with Gasteiger partial charge in [-0.05, 0) is 24.3 Å². The molecule has 0 saturated heterocycles. The lowest BCUT2D eigenvalue weighted by molar-refractivity contribution is -0.123. The van der Waals surface area contributed by atoms with Crippen molar-refractivity contribution in [2.75, 3.05) is 10.6 Å². The van der Waals surface area contributed by atoms with E-state index in [9.17, 15) is 9.18 Å². The van der Waals surface area contributed by atoms with Crippen LogP contribution in [0.15, 0.2) is 53.9 Å². The molecule has 0 spiro atoms. The summed E-state index contributed by atoms with van der Waals surface area (Å²) in [5, 5.41) is 8.41. The van der Waals surface area contributed by atoms with Gasteiger partial charge in [-0.1, -0.05) is 45.0 Å². The van der Waals surface area contributed by atoms with Crippen molar-refractivity contribution in [3.8, 4) is 11.3 Å². The predicted molar refractivity (Wildman–Crippen MR) is 105 cm³/mol. The van der Waals surface area contributed by atoms with Crippen molar-refractivity contribution in [1.82, 2.24) is 4.98 Å². The molecule has 0 unspecified atom stereocenters. The van der Waals surface area contributed by atoms with Crippen LogP contribution in [-0.2, 0) is 4.79 Å². The monoisotopic (exact) mass is 369 g/mol. The van der Waals surface area contributed by atoms with Crippen molar-refractivity contribution in [2.24, 2.45) is 5.41 Å². The molecule has 0 aliphatic carbocycles. The van der Waals surface area contributed by atoms with Crippen molar-refractivity contribution in [1.29, 1.82) is 0 Å². The molecule has 3 aromatic rings. The summed E-state index contributed by atoms with van der Waals surface area (Å²) in [6.07, 6.45) is 0. The number of rotatable bonds is 4. The van der Waals surface area contributed by atoms with E-state index in [-0.39, 0.29) is 11.7 Å². The number of hydrogen-bond acceptors (Lipinski definition) is 4. The first-order chi connectivity index (χ1) is 12.3. The van der Waals surface area contributed by atoms with Crippen molar-refractivity contribution in [3.63, 3.8) is 0 Å². The molecule has 0 aliphatic heterocycles. The topological polar surface area (TPSA) is 54.0 Å². The Labute approximate surface area is 156 Å². The van der Waals surface area contributed by atoms with Crippen LogP contribution in [0.3, 0.4) is 0 Å². The van der Waals surface area contributed by atoms with Gasteiger partial charge in [-0.25, -0.2) is 9.37 Å². The van der Waals surface area contributed by atoms with Gasteiger partial charge in [-0.15, -0.1) is 11.3 Å². The van der Waals surface area contributed by atoms with Gasteiger partial charge in [0.2, 0.25) is 5.91 Å². The standard InChI is InChI=1S/C20H20FN3OS/c1-20(2,3)18(25)22-14-8-6-7-13(11-14)17-12-26-19(24-17)23-16-10-5-4-9-15(16)21/h4-12H,1-3H3,(H,22,25)(H,23,24). The lowest BCUT2D eigenvalue weighted by Crippen LogP contribution is -2.27. The Morgan fingerprint density at radius 2 is 1.88 bits per heavy atom. The van der Waals surface area contributed by atoms with E-state index in [0.717, 1.165) is 16.9 Å². The van der Waals surface area contributed by atoms with Crippen LogP contribution in [0, 0.1) is 11.2 Å². The lowest BCUT2D eigenvalue weighted by atomic mass is 9.95. The Morgan fingerprint density at radius 3 is 2.62 bits per heavy atom. The van der Waals surface area contributed by atoms with Gasteiger partial charge in [0.05, 0.1) is 11.4 Å². The van der Waals surface area contributed by atoms with E-state index in [1.807, 2.05) is 50.4 Å². The summed E-state index contributed by atoms with van der Waals surface area (Å²) in [5.74, 6) is -0.369. The van der Waals surface area contributed by atoms with Crippen molar-refractivity contribution in [3.05, 3.63) is 59.7 Å². The van der Waals surface area contributed by atoms with Gasteiger partial charge in [-0.2, -0.15) is 0 Å². The van der Waals surface area contributed by atoms with Crippen LogP contribution in [0.4, 0.5) is 20.9 Å². The molecule has 1 amide bonds. The third-order valence-corrected chi connectivity index (χ3v) is 4.47. The Kier molecular flexibility index (Phi) is 5.04. The first-order valence-electron chi connectivity index (χ1n) is 8.22. The van der Waals surface area contributed by atoms with Crippen molar-refractivity contribution < 1.29 is 9.18 Å². The van der Waals surface area contributed by atoms with E-state index < -0.39 is 5.41 Å². The zero-order valence-corrected chi connectivity index (χ0v) is 15.7. The van der Waals surface area contributed by atoms with E-state index in [0.29, 0.717) is 10.8 Å². The number of carbonyl (C=O) groups excluding carboxylic acids is 1. The highest BCUT2D eigenvalue weighted by Gasteiger charge is 2.21. The Bertz CT molecular complexity index is 931. The highest BCUT2D eigenvalue weighted by atomic mass is 32.1. The van der Waals surface area contributed by atoms with Crippen LogP contribution in [-0.4, -0.2) is 10.9 Å². The SMILES string of the molecule is CC(C)(C)C(=O)Nc1cccc(-c2csc(Nc3ccccc3F)n2)c1. The van der Waals surface area contributed by atoms with Crippen LogP contribution in [0.1, 0.15) is 20.8 Å². The molecule has 2 N–H and O–H groups in total. The fraction of sp³-hybridized carbons (Fsp3) is 0.200. The normalized spacial score (nSPS) is 11.2. The summed E-state index contributed by atoms with van der Waals surface area (Å²) in [6, 6.07) is 14.0. The van der Waals surface area contributed by atoms with Crippen LogP contribution in [0.2, 0.25) is 0 Å². The van der Waals surface area contributed by atoms with Crippen molar-refractivity contribution in [2.45, 2.75) is 20.8 Å². The molecule has 1 aromatic heterocycles. The number of aromatic nitrogens is 1. The number of amides is 1. The first kappa shape index (κ1) is 18.1. The van der Waals surface area contributed by atoms with E-state index in [1.54, 1.807) is 18.2 Å². The zero-order valence-electron chi connectivity index (χ0n) is 14.8. The average Bonchev–Trinajstić information content (AvgIpc) is 3.05. The van der Waals surface area contributed by atoms with Gasteiger partial charge >= 0.3 is 0 Å². The van der Waals surface area contributed by atoms with E-state index in [4.69, 9.17) is 0 Å². The number of halogens is 1. The molecule has 0 saturated carbocycles. The molecule has 0 bridgehead atoms. The maximum Gasteiger partial charge on any atom is 0.229 e. The van der Waals surface area contributed by atoms with Crippen LogP contribution in [0.5, 0.6) is 0 Å². The minimum atomic E-state index is -0.465. The van der Waals surface area contributed by atoms with Crippen LogP contribution in [0.25, 0.3) is 11.3 Å². The van der Waals surface area contributed by atoms with Crippen molar-refractivity contribution >= 4 is 33.8 Å². The zero-order chi connectivity index (χ0) is 18.7. The molecule has 2 aromatic carbocycles. The molecule has 1 heterocycles. The molecule has 4 nitrogen and oxygen atoms in total. The minimum absolute atomic E-state index is 0.0464. The lowest BCUT2D eigenvalue weighted by Gasteiger charge is -2.17. The molecule has 3 rings (SSSR count). The molecule has 0 atom stereocenters. The maximum atomic E-state index is 13.7. The number of nitrogens with one attached hydrogen (secondary N) is 2. The second-order valence-electron chi connectivity index (χ2n) is 6.93. The number of hydrogen-bond donors (Lipinski definition) is 2. The number of anilines is 3. The number of benzene rings is 2. The Balaban J connectivity index is 1.78. The fourth-order valence-corrected chi connectivity index (χ4v) is 2.95. The molecule has 6 heteroatoms. The molecular formula is C20H20FN3OS. The second kappa shape index (κ2) is 7.25.